The number of phenolic OH excluding ortho intramolecular Hbond substituents is 1. The molecule has 0 bridgehead atoms. The van der Waals surface area contributed by atoms with Crippen LogP contribution in [0.1, 0.15) is 16.7 Å². The molecule has 0 aliphatic carbocycles. The quantitative estimate of drug-likeness (QED) is 0.414. The van der Waals surface area contributed by atoms with Gasteiger partial charge >= 0.3 is 0 Å². The monoisotopic (exact) mass is 399 g/mol. The van der Waals surface area contributed by atoms with Crippen molar-refractivity contribution in [3.63, 3.8) is 0 Å². The summed E-state index contributed by atoms with van der Waals surface area (Å²) in [5.41, 5.74) is 3.51. The Bertz CT molecular complexity index is 1220. The molecule has 0 atom stereocenters. The van der Waals surface area contributed by atoms with Gasteiger partial charge in [0.25, 0.3) is 10.1 Å². The Morgan fingerprint density at radius 3 is 2.32 bits per heavy atom. The molecule has 146 valence electrons. The van der Waals surface area contributed by atoms with Crippen LogP contribution in [0.4, 0.5) is 17.1 Å². The Hall–Kier alpha value is -2.97. The first-order chi connectivity index (χ1) is 13.1. The molecule has 28 heavy (non-hydrogen) atoms. The van der Waals surface area contributed by atoms with Crippen molar-refractivity contribution in [3.8, 4) is 5.75 Å². The third-order valence-electron chi connectivity index (χ3n) is 4.46. The molecule has 0 saturated heterocycles. The summed E-state index contributed by atoms with van der Waals surface area (Å²) < 4.78 is 33.6. The molecule has 3 aromatic carbocycles. The van der Waals surface area contributed by atoms with Crippen molar-refractivity contribution in [2.45, 2.75) is 25.7 Å². The first-order valence-electron chi connectivity index (χ1n) is 8.56. The molecule has 3 aromatic rings. The molecule has 0 radical (unpaired) electrons. The smallest absolute Gasteiger partial charge is 0.296 e. The Morgan fingerprint density at radius 2 is 1.68 bits per heavy atom. The number of rotatable bonds is 4. The highest BCUT2D eigenvalue weighted by Gasteiger charge is 2.23. The van der Waals surface area contributed by atoms with Gasteiger partial charge in [-0.25, -0.2) is 0 Å². The van der Waals surface area contributed by atoms with Crippen LogP contribution in [0.15, 0.2) is 51.5 Å². The van der Waals surface area contributed by atoms with Gasteiger partial charge in [0.05, 0.1) is 5.69 Å². The highest BCUT2D eigenvalue weighted by atomic mass is 32.2. The predicted molar refractivity (Wildman–Crippen MR) is 110 cm³/mol. The fourth-order valence-corrected chi connectivity index (χ4v) is 3.72. The maximum absolute atomic E-state index is 11.9. The van der Waals surface area contributed by atoms with E-state index in [2.05, 4.69) is 15.5 Å². The minimum atomic E-state index is -4.64. The fraction of sp³-hybridized carbons (Fsp3) is 0.200. The minimum absolute atomic E-state index is 0.309. The summed E-state index contributed by atoms with van der Waals surface area (Å²) in [6.07, 6.45) is 0. The van der Waals surface area contributed by atoms with Crippen molar-refractivity contribution in [2.75, 3.05) is 12.4 Å². The predicted octanol–water partition coefficient (Wildman–Crippen LogP) is 5.17. The second-order valence-corrected chi connectivity index (χ2v) is 8.09. The number of fused-ring (bicyclic) bond motifs is 1. The van der Waals surface area contributed by atoms with E-state index in [1.807, 2.05) is 39.0 Å². The van der Waals surface area contributed by atoms with E-state index in [4.69, 9.17) is 0 Å². The zero-order valence-corrected chi connectivity index (χ0v) is 16.8. The average Bonchev–Trinajstić information content (AvgIpc) is 2.61. The maximum Gasteiger partial charge on any atom is 0.296 e. The van der Waals surface area contributed by atoms with Gasteiger partial charge in [0.2, 0.25) is 0 Å². The number of hydrogen-bond acceptors (Lipinski definition) is 6. The number of aryl methyl sites for hydroxylation is 3. The van der Waals surface area contributed by atoms with Crippen molar-refractivity contribution in [3.05, 3.63) is 53.1 Å². The number of anilines is 1. The van der Waals surface area contributed by atoms with E-state index in [0.29, 0.717) is 22.1 Å². The fourth-order valence-electron chi connectivity index (χ4n) is 3.06. The van der Waals surface area contributed by atoms with E-state index < -0.39 is 15.0 Å². The van der Waals surface area contributed by atoms with Crippen LogP contribution in [0.25, 0.3) is 10.8 Å². The minimum Gasteiger partial charge on any atom is -0.505 e. The molecule has 0 aliphatic heterocycles. The molecule has 8 heteroatoms. The van der Waals surface area contributed by atoms with Gasteiger partial charge in [0.15, 0.2) is 5.75 Å². The second-order valence-electron chi connectivity index (χ2n) is 6.70. The van der Waals surface area contributed by atoms with Gasteiger partial charge in [0, 0.05) is 18.1 Å². The van der Waals surface area contributed by atoms with Gasteiger partial charge in [-0.1, -0.05) is 18.2 Å². The normalized spacial score (nSPS) is 12.0. The van der Waals surface area contributed by atoms with Crippen LogP contribution in [0.2, 0.25) is 0 Å². The molecule has 7 nitrogen and oxygen atoms in total. The molecule has 0 amide bonds. The molecule has 0 saturated carbocycles. The molecule has 0 spiro atoms. The van der Waals surface area contributed by atoms with Crippen LogP contribution in [0.3, 0.4) is 0 Å². The summed E-state index contributed by atoms with van der Waals surface area (Å²) in [6, 6.07) is 10.4. The Balaban J connectivity index is 2.34. The van der Waals surface area contributed by atoms with Crippen LogP contribution >= 0.6 is 0 Å². The lowest BCUT2D eigenvalue weighted by atomic mass is 10.0. The van der Waals surface area contributed by atoms with E-state index in [1.54, 1.807) is 19.2 Å². The van der Waals surface area contributed by atoms with Crippen molar-refractivity contribution in [1.29, 1.82) is 0 Å². The molecular formula is C20H21N3O4S. The lowest BCUT2D eigenvalue weighted by molar-refractivity contribution is 0.472. The van der Waals surface area contributed by atoms with E-state index in [-0.39, 0.29) is 11.4 Å². The van der Waals surface area contributed by atoms with Gasteiger partial charge in [-0.2, -0.15) is 13.5 Å². The van der Waals surface area contributed by atoms with E-state index in [0.717, 1.165) is 16.7 Å². The van der Waals surface area contributed by atoms with E-state index in [1.165, 1.54) is 6.07 Å². The summed E-state index contributed by atoms with van der Waals surface area (Å²) in [5, 5.41) is 22.8. The van der Waals surface area contributed by atoms with Crippen LogP contribution in [0, 0.1) is 20.8 Å². The number of phenols is 1. The zero-order chi connectivity index (χ0) is 20.6. The summed E-state index contributed by atoms with van der Waals surface area (Å²) in [4.78, 5) is -0.501. The van der Waals surface area contributed by atoms with Crippen LogP contribution in [-0.4, -0.2) is 25.1 Å². The first kappa shape index (κ1) is 19.8. The van der Waals surface area contributed by atoms with Crippen molar-refractivity contribution < 1.29 is 18.1 Å². The molecule has 0 heterocycles. The Labute approximate surface area is 163 Å². The van der Waals surface area contributed by atoms with E-state index in [9.17, 15) is 18.1 Å². The summed E-state index contributed by atoms with van der Waals surface area (Å²) in [5.74, 6) is -0.372. The highest BCUT2D eigenvalue weighted by molar-refractivity contribution is 7.86. The summed E-state index contributed by atoms with van der Waals surface area (Å²) in [6.45, 7) is 5.59. The standard InChI is InChI=1S/C20H21N3O4S/c1-11-5-6-13(3)15(8-11)22-23-19-17(28(25,26)27)10-14-7-12(2)9-16(21-4)18(14)20(19)24/h5-10,21,24H,1-4H3,(H,25,26,27). The number of benzene rings is 3. The Kier molecular flexibility index (Phi) is 5.10. The molecule has 3 rings (SSSR count). The van der Waals surface area contributed by atoms with Crippen molar-refractivity contribution in [2.24, 2.45) is 10.2 Å². The molecule has 0 aromatic heterocycles. The number of nitrogens with one attached hydrogen (secondary N) is 1. The van der Waals surface area contributed by atoms with Crippen LogP contribution in [-0.2, 0) is 10.1 Å². The third-order valence-corrected chi connectivity index (χ3v) is 5.33. The van der Waals surface area contributed by atoms with Gasteiger partial charge < -0.3 is 10.4 Å². The molecule has 0 unspecified atom stereocenters. The highest BCUT2D eigenvalue weighted by Crippen LogP contribution is 2.44. The molecule has 0 fully saturated rings. The number of aromatic hydroxyl groups is 1. The van der Waals surface area contributed by atoms with Gasteiger partial charge in [0.1, 0.15) is 10.6 Å². The Morgan fingerprint density at radius 1 is 0.964 bits per heavy atom. The largest absolute Gasteiger partial charge is 0.505 e. The van der Waals surface area contributed by atoms with Gasteiger partial charge in [-0.3, -0.25) is 4.55 Å². The summed E-state index contributed by atoms with van der Waals surface area (Å²) in [7, 11) is -2.94. The van der Waals surface area contributed by atoms with Crippen LogP contribution < -0.4 is 5.32 Å². The second kappa shape index (κ2) is 7.21. The molecular weight excluding hydrogens is 378 g/mol. The number of hydrogen-bond donors (Lipinski definition) is 3. The SMILES string of the molecule is CNc1cc(C)cc2cc(S(=O)(=O)O)c(N=Nc3cc(C)ccc3C)c(O)c12. The lowest BCUT2D eigenvalue weighted by Gasteiger charge is -2.13. The van der Waals surface area contributed by atoms with E-state index >= 15 is 0 Å². The third kappa shape index (κ3) is 3.69. The number of azo groups is 1. The zero-order valence-electron chi connectivity index (χ0n) is 16.0. The maximum atomic E-state index is 11.9. The van der Waals surface area contributed by atoms with Gasteiger partial charge in [-0.05, 0) is 61.0 Å². The average molecular weight is 399 g/mol. The molecule has 0 aliphatic rings. The summed E-state index contributed by atoms with van der Waals surface area (Å²) >= 11 is 0. The number of nitrogens with zero attached hydrogens (tertiary/aromatic N) is 2. The van der Waals surface area contributed by atoms with Crippen molar-refractivity contribution in [1.82, 2.24) is 0 Å². The van der Waals surface area contributed by atoms with Crippen LogP contribution in [0.5, 0.6) is 5.75 Å². The van der Waals surface area contributed by atoms with Crippen molar-refractivity contribution >= 4 is 38.0 Å². The first-order valence-corrected chi connectivity index (χ1v) is 10.0. The lowest BCUT2D eigenvalue weighted by Crippen LogP contribution is -2.00. The topological polar surface area (TPSA) is 111 Å². The molecule has 3 N–H and O–H groups in total. The van der Waals surface area contributed by atoms with Gasteiger partial charge in [-0.15, -0.1) is 5.11 Å².